The maximum Gasteiger partial charge on any atom is 0.534 e. The van der Waals surface area contributed by atoms with Crippen LogP contribution in [0.2, 0.25) is 0 Å². The van der Waals surface area contributed by atoms with Crippen LogP contribution in [0.3, 0.4) is 0 Å². The van der Waals surface area contributed by atoms with E-state index in [-0.39, 0.29) is 54.6 Å². The zero-order valence-electron chi connectivity index (χ0n) is 23.1. The summed E-state index contributed by atoms with van der Waals surface area (Å²) in [5.41, 5.74) is -4.06. The second-order valence-corrected chi connectivity index (χ2v) is 11.3. The fourth-order valence-corrected chi connectivity index (χ4v) is 5.04. The molecule has 1 aliphatic heterocycles. The minimum atomic E-state index is -6.06. The third-order valence-corrected chi connectivity index (χ3v) is 7.59. The molecule has 0 aromatic heterocycles. The summed E-state index contributed by atoms with van der Waals surface area (Å²) in [5.74, 6) is -0.626. The Labute approximate surface area is 252 Å². The Kier molecular flexibility index (Phi) is 9.39. The molecule has 228 valence electrons. The van der Waals surface area contributed by atoms with Gasteiger partial charge < -0.3 is 23.1 Å². The predicted molar refractivity (Wildman–Crippen MR) is 153 cm³/mol. The van der Waals surface area contributed by atoms with Crippen LogP contribution in [-0.2, 0) is 32.8 Å². The van der Waals surface area contributed by atoms with E-state index >= 15 is 0 Å². The molecule has 0 spiro atoms. The Morgan fingerprint density at radius 1 is 0.705 bits per heavy atom. The molecule has 12 heteroatoms. The summed E-state index contributed by atoms with van der Waals surface area (Å²) in [4.78, 5) is 0. The van der Waals surface area contributed by atoms with Gasteiger partial charge in [-0.2, -0.15) is 26.9 Å². The zero-order chi connectivity index (χ0) is 31.2. The number of halogens is 3. The Hall–Kier alpha value is -4.57. The molecular weight excluding hydrogens is 599 g/mol. The maximum absolute atomic E-state index is 13.3. The summed E-state index contributed by atoms with van der Waals surface area (Å²) >= 11 is 0. The highest BCUT2D eigenvalue weighted by atomic mass is 32.2. The molecule has 0 unspecified atom stereocenters. The van der Waals surface area contributed by atoms with E-state index in [1.807, 2.05) is 66.7 Å². The second-order valence-electron chi connectivity index (χ2n) is 9.72. The van der Waals surface area contributed by atoms with Crippen molar-refractivity contribution in [3.63, 3.8) is 0 Å². The fourth-order valence-electron chi connectivity index (χ4n) is 4.57. The Morgan fingerprint density at radius 2 is 1.20 bits per heavy atom. The molecule has 0 N–H and O–H groups in total. The maximum atomic E-state index is 13.3. The lowest BCUT2D eigenvalue weighted by molar-refractivity contribution is -0.0553. The lowest BCUT2D eigenvalue weighted by Crippen LogP contribution is -2.44. The van der Waals surface area contributed by atoms with E-state index in [0.717, 1.165) is 17.2 Å². The predicted octanol–water partition coefficient (Wildman–Crippen LogP) is 6.40. The number of hydrogen-bond donors (Lipinski definition) is 0. The molecule has 4 aromatic carbocycles. The van der Waals surface area contributed by atoms with Gasteiger partial charge in [0.2, 0.25) is 0 Å². The summed E-state index contributed by atoms with van der Waals surface area (Å²) in [6.45, 7) is 0.464. The number of nitriles is 1. The largest absolute Gasteiger partial charge is 0.534 e. The minimum Gasteiger partial charge on any atom is -0.483 e. The first kappa shape index (κ1) is 30.9. The molecule has 0 bridgehead atoms. The molecule has 0 fully saturated rings. The number of fused-ring (bicyclic) bond motifs is 3. The van der Waals surface area contributed by atoms with Gasteiger partial charge in [0.05, 0.1) is 43.6 Å². The van der Waals surface area contributed by atoms with Crippen molar-refractivity contribution in [2.24, 2.45) is 0 Å². The first-order chi connectivity index (χ1) is 21.2. The quantitative estimate of drug-likeness (QED) is 0.147. The van der Waals surface area contributed by atoms with E-state index in [0.29, 0.717) is 0 Å². The van der Waals surface area contributed by atoms with E-state index in [2.05, 4.69) is 4.18 Å². The Balaban J connectivity index is 1.54. The van der Waals surface area contributed by atoms with Gasteiger partial charge in [-0.1, -0.05) is 72.8 Å². The zero-order valence-corrected chi connectivity index (χ0v) is 23.9. The third-order valence-electron chi connectivity index (χ3n) is 6.63. The molecule has 0 aliphatic carbocycles. The number of nitrogens with zero attached hydrogens (tertiary/aromatic N) is 1. The normalized spacial score (nSPS) is 16.2. The molecular formula is C32H26F3NO7S. The van der Waals surface area contributed by atoms with E-state index < -0.39 is 33.6 Å². The van der Waals surface area contributed by atoms with E-state index in [1.165, 1.54) is 30.3 Å². The van der Waals surface area contributed by atoms with Gasteiger partial charge in [0, 0.05) is 5.56 Å². The molecule has 0 saturated heterocycles. The molecule has 1 aliphatic rings. The van der Waals surface area contributed by atoms with Crippen LogP contribution in [0, 0.1) is 11.3 Å². The number of hydrogen-bond acceptors (Lipinski definition) is 8. The third kappa shape index (κ3) is 7.14. The van der Waals surface area contributed by atoms with Crippen molar-refractivity contribution in [2.45, 2.75) is 30.9 Å². The fraction of sp³-hybridized carbons (Fsp3) is 0.219. The first-order valence-electron chi connectivity index (χ1n) is 13.4. The van der Waals surface area contributed by atoms with Gasteiger partial charge in [0.15, 0.2) is 18.0 Å². The van der Waals surface area contributed by atoms with Crippen LogP contribution in [0.5, 0.6) is 17.2 Å². The van der Waals surface area contributed by atoms with Crippen LogP contribution in [0.1, 0.15) is 16.7 Å². The summed E-state index contributed by atoms with van der Waals surface area (Å²) in [6.07, 6.45) is -1.71. The molecule has 5 rings (SSSR count). The topological polar surface area (TPSA) is 104 Å². The van der Waals surface area contributed by atoms with Crippen molar-refractivity contribution in [3.05, 3.63) is 114 Å². The van der Waals surface area contributed by atoms with Gasteiger partial charge in [0.1, 0.15) is 11.5 Å². The minimum absolute atomic E-state index is 0.00413. The first-order valence-corrected chi connectivity index (χ1v) is 14.8. The van der Waals surface area contributed by atoms with E-state index in [4.69, 9.17) is 18.9 Å². The highest BCUT2D eigenvalue weighted by Crippen LogP contribution is 2.47. The SMILES string of the molecule is N#Cc1cccc2c1-c1c(cccc1OS(=O)(=O)C(F)(F)F)O[C@H](COCc1ccccc1)[C@@H](COCc1ccccc1)O2. The average Bonchev–Trinajstić information content (AvgIpc) is 3.00. The van der Waals surface area contributed by atoms with E-state index in [9.17, 15) is 26.9 Å². The highest BCUT2D eigenvalue weighted by Gasteiger charge is 2.49. The van der Waals surface area contributed by atoms with Crippen molar-refractivity contribution < 1.29 is 44.7 Å². The van der Waals surface area contributed by atoms with Gasteiger partial charge >= 0.3 is 15.6 Å². The average molecular weight is 626 g/mol. The standard InChI is InChI=1S/C32H26F3NO7S/c33-32(34,35)44(37,38)43-27-16-8-15-26-31(27)30-24(17-36)13-7-14-25(30)41-28(20-39-18-22-9-3-1-4-10-22)29(42-26)21-40-19-23-11-5-2-6-12-23/h1-16,28-29H,18-21H2/t28-,29-/m1/s1. The summed E-state index contributed by atoms with van der Waals surface area (Å²) in [6, 6.07) is 29.1. The van der Waals surface area contributed by atoms with Crippen LogP contribution in [0.15, 0.2) is 97.1 Å². The number of ether oxygens (including phenoxy) is 4. The monoisotopic (exact) mass is 625 g/mol. The van der Waals surface area contributed by atoms with Crippen molar-refractivity contribution >= 4 is 10.1 Å². The number of benzene rings is 4. The van der Waals surface area contributed by atoms with E-state index in [1.54, 1.807) is 0 Å². The van der Waals surface area contributed by atoms with Gasteiger partial charge in [-0.3, -0.25) is 0 Å². The van der Waals surface area contributed by atoms with Crippen LogP contribution < -0.4 is 13.7 Å². The van der Waals surface area contributed by atoms with Gasteiger partial charge in [0.25, 0.3) is 0 Å². The Bertz CT molecular complexity index is 1730. The van der Waals surface area contributed by atoms with Crippen LogP contribution >= 0.6 is 0 Å². The van der Waals surface area contributed by atoms with Crippen molar-refractivity contribution in [1.82, 2.24) is 0 Å². The Morgan fingerprint density at radius 3 is 1.70 bits per heavy atom. The second kappa shape index (κ2) is 13.4. The molecule has 0 saturated carbocycles. The molecule has 44 heavy (non-hydrogen) atoms. The molecule has 0 radical (unpaired) electrons. The lowest BCUT2D eigenvalue weighted by Gasteiger charge is -2.33. The van der Waals surface area contributed by atoms with Crippen molar-refractivity contribution in [3.8, 4) is 34.4 Å². The summed E-state index contributed by atoms with van der Waals surface area (Å²) < 4.78 is 93.2. The van der Waals surface area contributed by atoms with Crippen LogP contribution in [0.25, 0.3) is 11.1 Å². The smallest absolute Gasteiger partial charge is 0.483 e. The molecule has 8 nitrogen and oxygen atoms in total. The summed E-state index contributed by atoms with van der Waals surface area (Å²) in [5, 5.41) is 9.91. The van der Waals surface area contributed by atoms with Gasteiger partial charge in [-0.05, 0) is 35.4 Å². The van der Waals surface area contributed by atoms with Gasteiger partial charge in [-0.25, -0.2) is 0 Å². The highest BCUT2D eigenvalue weighted by molar-refractivity contribution is 7.88. The lowest BCUT2D eigenvalue weighted by atomic mass is 9.96. The molecule has 4 aromatic rings. The van der Waals surface area contributed by atoms with Crippen LogP contribution in [0.4, 0.5) is 13.2 Å². The number of rotatable bonds is 10. The van der Waals surface area contributed by atoms with Crippen molar-refractivity contribution in [2.75, 3.05) is 13.2 Å². The van der Waals surface area contributed by atoms with Gasteiger partial charge in [-0.15, -0.1) is 0 Å². The van der Waals surface area contributed by atoms with Crippen molar-refractivity contribution in [1.29, 1.82) is 5.26 Å². The molecule has 1 heterocycles. The van der Waals surface area contributed by atoms with Crippen LogP contribution in [-0.4, -0.2) is 39.3 Å². The summed E-state index contributed by atoms with van der Waals surface area (Å²) in [7, 11) is -6.06. The molecule has 0 amide bonds. The molecule has 2 atom stereocenters. The number of alkyl halides is 3.